The first-order valence-corrected chi connectivity index (χ1v) is 10.4. The van der Waals surface area contributed by atoms with Crippen LogP contribution in [0, 0.1) is 0 Å². The Kier molecular flexibility index (Phi) is 6.47. The number of hydrogen-bond donors (Lipinski definition) is 1. The molecular weight excluding hydrogens is 362 g/mol. The molecule has 1 aromatic heterocycles. The van der Waals surface area contributed by atoms with Crippen LogP contribution in [0.3, 0.4) is 0 Å². The zero-order valence-corrected chi connectivity index (χ0v) is 16.6. The zero-order valence-electron chi connectivity index (χ0n) is 15.0. The van der Waals surface area contributed by atoms with Gasteiger partial charge in [0.15, 0.2) is 0 Å². The fourth-order valence-electron chi connectivity index (χ4n) is 2.23. The van der Waals surface area contributed by atoms with Gasteiger partial charge >= 0.3 is 0 Å². The molecule has 1 aliphatic rings. The molecule has 9 heteroatoms. The Morgan fingerprint density at radius 1 is 1.32 bits per heavy atom. The number of carbonyl (C=O) groups excluding carboxylic acids is 1. The van der Waals surface area contributed by atoms with Crippen LogP contribution in [0.5, 0.6) is 0 Å². The molecule has 1 N–H and O–H groups in total. The molecule has 140 valence electrons. The lowest BCUT2D eigenvalue weighted by atomic mass is 10.1. The van der Waals surface area contributed by atoms with Crippen molar-refractivity contribution in [3.63, 3.8) is 0 Å². The van der Waals surface area contributed by atoms with Crippen molar-refractivity contribution in [3.05, 3.63) is 18.3 Å². The third-order valence-electron chi connectivity index (χ3n) is 3.48. The number of ether oxygens (including phenoxy) is 1. The lowest BCUT2D eigenvalue weighted by Gasteiger charge is -2.26. The number of hydrogen-bond acceptors (Lipinski definition) is 6. The smallest absolute Gasteiger partial charge is 0.244 e. The van der Waals surface area contributed by atoms with Gasteiger partial charge in [0, 0.05) is 24.8 Å². The predicted octanol–water partition coefficient (Wildman–Crippen LogP) is 1.50. The average molecular weight is 388 g/mol. The molecule has 1 unspecified atom stereocenters. The molecule has 0 radical (unpaired) electrons. The van der Waals surface area contributed by atoms with E-state index in [1.807, 2.05) is 20.8 Å². The number of thioether (sulfide) groups is 1. The summed E-state index contributed by atoms with van der Waals surface area (Å²) in [7, 11) is -3.55. The number of rotatable bonds is 5. The molecule has 0 bridgehead atoms. The number of nitrogens with zero attached hydrogens (tertiary/aromatic N) is 2. The first-order valence-electron chi connectivity index (χ1n) is 8.12. The minimum atomic E-state index is -3.55. The van der Waals surface area contributed by atoms with E-state index < -0.39 is 10.0 Å². The molecule has 1 fully saturated rings. The first-order chi connectivity index (χ1) is 11.6. The van der Waals surface area contributed by atoms with Gasteiger partial charge in [-0.1, -0.05) is 11.8 Å². The molecule has 7 nitrogen and oxygen atoms in total. The van der Waals surface area contributed by atoms with Crippen LogP contribution in [-0.4, -0.2) is 60.7 Å². The van der Waals surface area contributed by atoms with E-state index in [-0.39, 0.29) is 21.6 Å². The number of carbonyl (C=O) groups is 1. The summed E-state index contributed by atoms with van der Waals surface area (Å²) in [4.78, 5) is 16.5. The molecule has 1 aromatic rings. The van der Waals surface area contributed by atoms with E-state index >= 15 is 0 Å². The molecule has 1 atom stereocenters. The second-order valence-corrected chi connectivity index (χ2v) is 10.1. The monoisotopic (exact) mass is 387 g/mol. The van der Waals surface area contributed by atoms with Gasteiger partial charge < -0.3 is 10.1 Å². The van der Waals surface area contributed by atoms with Crippen LogP contribution in [0.2, 0.25) is 0 Å². The SMILES string of the molecule is CC(Sc1ccc(S(=O)(=O)N2CCOCC2)cn1)C(=O)NC(C)(C)C. The fourth-order valence-corrected chi connectivity index (χ4v) is 4.37. The van der Waals surface area contributed by atoms with Gasteiger partial charge in [-0.25, -0.2) is 13.4 Å². The van der Waals surface area contributed by atoms with Gasteiger partial charge in [0.1, 0.15) is 4.90 Å². The molecular formula is C16H25N3O4S2. The van der Waals surface area contributed by atoms with Gasteiger partial charge in [-0.3, -0.25) is 4.79 Å². The molecule has 0 aromatic carbocycles. The Labute approximate surface area is 153 Å². The maximum Gasteiger partial charge on any atom is 0.244 e. The van der Waals surface area contributed by atoms with Gasteiger partial charge in [-0.2, -0.15) is 4.31 Å². The van der Waals surface area contributed by atoms with Crippen LogP contribution >= 0.6 is 11.8 Å². The van der Waals surface area contributed by atoms with E-state index in [1.165, 1.54) is 28.3 Å². The Balaban J connectivity index is 2.03. The highest BCUT2D eigenvalue weighted by Crippen LogP contribution is 2.24. The van der Waals surface area contributed by atoms with Crippen molar-refractivity contribution in [2.45, 2.75) is 48.4 Å². The van der Waals surface area contributed by atoms with Gasteiger partial charge in [0.05, 0.1) is 23.5 Å². The molecule has 1 saturated heterocycles. The van der Waals surface area contributed by atoms with Gasteiger partial charge in [-0.15, -0.1) is 0 Å². The molecule has 0 saturated carbocycles. The van der Waals surface area contributed by atoms with Crippen molar-refractivity contribution in [2.75, 3.05) is 26.3 Å². The van der Waals surface area contributed by atoms with E-state index in [0.29, 0.717) is 31.3 Å². The standard InChI is InChI=1S/C16H25N3O4S2/c1-12(15(20)18-16(2,3)4)24-14-6-5-13(11-17-14)25(21,22)19-7-9-23-10-8-19/h5-6,11-12H,7-10H2,1-4H3,(H,18,20). The number of sulfonamides is 1. The van der Waals surface area contributed by atoms with Crippen molar-refractivity contribution < 1.29 is 17.9 Å². The molecule has 2 heterocycles. The Hall–Kier alpha value is -1.16. The first kappa shape index (κ1) is 20.2. The second kappa shape index (κ2) is 8.03. The summed E-state index contributed by atoms with van der Waals surface area (Å²) in [6.07, 6.45) is 1.35. The average Bonchev–Trinajstić information content (AvgIpc) is 2.54. The highest BCUT2D eigenvalue weighted by Gasteiger charge is 2.27. The normalized spacial score (nSPS) is 17.9. The largest absolute Gasteiger partial charge is 0.379 e. The van der Waals surface area contributed by atoms with Crippen LogP contribution in [0.25, 0.3) is 0 Å². The maximum atomic E-state index is 12.5. The second-order valence-electron chi connectivity index (χ2n) is 6.85. The summed E-state index contributed by atoms with van der Waals surface area (Å²) in [6.45, 7) is 9.07. The number of aromatic nitrogens is 1. The predicted molar refractivity (Wildman–Crippen MR) is 97.0 cm³/mol. The van der Waals surface area contributed by atoms with Gasteiger partial charge in [0.2, 0.25) is 15.9 Å². The van der Waals surface area contributed by atoms with Crippen LogP contribution in [0.15, 0.2) is 28.3 Å². The lowest BCUT2D eigenvalue weighted by Crippen LogP contribution is -2.44. The molecule has 2 rings (SSSR count). The van der Waals surface area contributed by atoms with Crippen molar-refractivity contribution >= 4 is 27.7 Å². The Morgan fingerprint density at radius 3 is 2.48 bits per heavy atom. The third-order valence-corrected chi connectivity index (χ3v) is 6.41. The van der Waals surface area contributed by atoms with Crippen molar-refractivity contribution in [1.82, 2.24) is 14.6 Å². The minimum Gasteiger partial charge on any atom is -0.379 e. The topological polar surface area (TPSA) is 88.6 Å². The molecule has 1 aliphatic heterocycles. The van der Waals surface area contributed by atoms with E-state index in [4.69, 9.17) is 4.74 Å². The quantitative estimate of drug-likeness (QED) is 0.770. The highest BCUT2D eigenvalue weighted by molar-refractivity contribution is 8.00. The van der Waals surface area contributed by atoms with Crippen LogP contribution < -0.4 is 5.32 Å². The van der Waals surface area contributed by atoms with Crippen molar-refractivity contribution in [3.8, 4) is 0 Å². The summed E-state index contributed by atoms with van der Waals surface area (Å²) in [5, 5.41) is 3.20. The number of nitrogens with one attached hydrogen (secondary N) is 1. The molecule has 0 spiro atoms. The summed E-state index contributed by atoms with van der Waals surface area (Å²) in [5.74, 6) is -0.0793. The highest BCUT2D eigenvalue weighted by atomic mass is 32.2. The fraction of sp³-hybridized carbons (Fsp3) is 0.625. The number of morpholine rings is 1. The number of amides is 1. The van der Waals surface area contributed by atoms with Crippen LogP contribution in [0.1, 0.15) is 27.7 Å². The summed E-state index contributed by atoms with van der Waals surface area (Å²) >= 11 is 1.30. The van der Waals surface area contributed by atoms with Gasteiger partial charge in [-0.05, 0) is 39.8 Å². The van der Waals surface area contributed by atoms with E-state index in [1.54, 1.807) is 13.0 Å². The lowest BCUT2D eigenvalue weighted by molar-refractivity contribution is -0.121. The summed E-state index contributed by atoms with van der Waals surface area (Å²) in [5.41, 5.74) is -0.296. The Morgan fingerprint density at radius 2 is 1.96 bits per heavy atom. The molecule has 0 aliphatic carbocycles. The third kappa shape index (κ3) is 5.67. The van der Waals surface area contributed by atoms with Gasteiger partial charge in [0.25, 0.3) is 0 Å². The molecule has 25 heavy (non-hydrogen) atoms. The zero-order chi connectivity index (χ0) is 18.7. The van der Waals surface area contributed by atoms with E-state index in [9.17, 15) is 13.2 Å². The van der Waals surface area contributed by atoms with Crippen molar-refractivity contribution in [1.29, 1.82) is 0 Å². The van der Waals surface area contributed by atoms with E-state index in [2.05, 4.69) is 10.3 Å². The summed E-state index contributed by atoms with van der Waals surface area (Å²) < 4.78 is 31.7. The Bertz CT molecular complexity index is 693. The number of pyridine rings is 1. The summed E-state index contributed by atoms with van der Waals surface area (Å²) in [6, 6.07) is 3.17. The van der Waals surface area contributed by atoms with Crippen molar-refractivity contribution in [2.24, 2.45) is 0 Å². The molecule has 1 amide bonds. The van der Waals surface area contributed by atoms with Crippen LogP contribution in [-0.2, 0) is 19.6 Å². The maximum absolute atomic E-state index is 12.5. The van der Waals surface area contributed by atoms with Crippen LogP contribution in [0.4, 0.5) is 0 Å². The van der Waals surface area contributed by atoms with E-state index in [0.717, 1.165) is 0 Å². The minimum absolute atomic E-state index is 0.0793.